The van der Waals surface area contributed by atoms with E-state index in [9.17, 15) is 4.79 Å². The highest BCUT2D eigenvalue weighted by molar-refractivity contribution is 6.43. The van der Waals surface area contributed by atoms with Crippen molar-refractivity contribution < 1.29 is 14.3 Å². The number of ether oxygens (including phenoxy) is 2. The van der Waals surface area contributed by atoms with E-state index in [0.717, 1.165) is 11.1 Å². The maximum atomic E-state index is 10.4. The summed E-state index contributed by atoms with van der Waals surface area (Å²) in [5.74, 6) is 1.07. The maximum absolute atomic E-state index is 10.4. The minimum absolute atomic E-state index is 0.342. The molecule has 4 rings (SSSR count). The monoisotopic (exact) mass is 572 g/mol. The molecule has 37 heavy (non-hydrogen) atoms. The molecule has 0 fully saturated rings. The van der Waals surface area contributed by atoms with Crippen molar-refractivity contribution in [3.63, 3.8) is 0 Å². The fourth-order valence-electron chi connectivity index (χ4n) is 3.05. The summed E-state index contributed by atoms with van der Waals surface area (Å²) >= 11 is 23.8. The Hall–Kier alpha value is -3.40. The van der Waals surface area contributed by atoms with Crippen molar-refractivity contribution in [3.05, 3.63) is 128 Å². The highest BCUT2D eigenvalue weighted by Crippen LogP contribution is 2.33. The number of amides is 1. The summed E-state index contributed by atoms with van der Waals surface area (Å²) in [6.07, 6.45) is 0.633. The second-order valence-corrected chi connectivity index (χ2v) is 9.00. The summed E-state index contributed by atoms with van der Waals surface area (Å²) in [5, 5.41) is 4.30. The standard InChI is InChI=1S/C14H11Cl2NO2.C14H9Cl2NO/c15-12-5-2-6-13(14(12)16)19-8-10-3-1-4-11(7-10)17-9-18;1-17-11-5-2-4-10(8-11)9-18-13-7-3-6-12(15)14(13)16/h1-7,9H,8H2,(H,17,18);2-8H,9H2. The van der Waals surface area contributed by atoms with Crippen LogP contribution >= 0.6 is 46.4 Å². The van der Waals surface area contributed by atoms with Crippen LogP contribution in [0.1, 0.15) is 11.1 Å². The van der Waals surface area contributed by atoms with Gasteiger partial charge in [0.05, 0.1) is 16.6 Å². The van der Waals surface area contributed by atoms with E-state index in [1.807, 2.05) is 30.3 Å². The van der Waals surface area contributed by atoms with Crippen molar-refractivity contribution >= 4 is 64.2 Å². The topological polar surface area (TPSA) is 51.9 Å². The zero-order valence-corrected chi connectivity index (χ0v) is 22.3. The van der Waals surface area contributed by atoms with Crippen LogP contribution in [0.15, 0.2) is 84.9 Å². The van der Waals surface area contributed by atoms with Gasteiger partial charge < -0.3 is 14.8 Å². The largest absolute Gasteiger partial charge is 0.487 e. The molecule has 0 saturated carbocycles. The van der Waals surface area contributed by atoms with Crippen LogP contribution in [0, 0.1) is 6.57 Å². The highest BCUT2D eigenvalue weighted by Gasteiger charge is 2.07. The van der Waals surface area contributed by atoms with E-state index in [-0.39, 0.29) is 0 Å². The Morgan fingerprint density at radius 1 is 0.730 bits per heavy atom. The third kappa shape index (κ3) is 8.59. The van der Waals surface area contributed by atoms with E-state index >= 15 is 0 Å². The molecule has 0 aliphatic rings. The molecule has 0 radical (unpaired) electrons. The van der Waals surface area contributed by atoms with Gasteiger partial charge in [0.15, 0.2) is 5.69 Å². The summed E-state index contributed by atoms with van der Waals surface area (Å²) in [7, 11) is 0. The molecule has 1 amide bonds. The fourth-order valence-corrected chi connectivity index (χ4v) is 3.74. The predicted octanol–water partition coefficient (Wildman–Crippen LogP) is 9.26. The number of halogens is 4. The van der Waals surface area contributed by atoms with Gasteiger partial charge in [0.1, 0.15) is 34.8 Å². The summed E-state index contributed by atoms with van der Waals surface area (Å²) in [6, 6.07) is 25.1. The average Bonchev–Trinajstić information content (AvgIpc) is 2.91. The van der Waals surface area contributed by atoms with Crippen LogP contribution in [0.25, 0.3) is 4.85 Å². The molecule has 9 heteroatoms. The summed E-state index contributed by atoms with van der Waals surface area (Å²) in [6.45, 7) is 7.64. The normalized spacial score (nSPS) is 9.92. The van der Waals surface area contributed by atoms with Crippen molar-refractivity contribution in [2.45, 2.75) is 13.2 Å². The van der Waals surface area contributed by atoms with Crippen molar-refractivity contribution in [1.29, 1.82) is 0 Å². The molecule has 0 bridgehead atoms. The van der Waals surface area contributed by atoms with Crippen LogP contribution < -0.4 is 14.8 Å². The zero-order chi connectivity index (χ0) is 26.6. The molecule has 1 N–H and O–H groups in total. The van der Waals surface area contributed by atoms with Gasteiger partial charge in [0.2, 0.25) is 6.41 Å². The summed E-state index contributed by atoms with van der Waals surface area (Å²) < 4.78 is 11.2. The number of hydrogen-bond acceptors (Lipinski definition) is 3. The van der Waals surface area contributed by atoms with E-state index in [1.54, 1.807) is 54.6 Å². The van der Waals surface area contributed by atoms with Gasteiger partial charge in [-0.15, -0.1) is 0 Å². The van der Waals surface area contributed by atoms with Gasteiger partial charge in [-0.3, -0.25) is 4.79 Å². The lowest BCUT2D eigenvalue weighted by Gasteiger charge is -2.09. The Labute approximate surface area is 235 Å². The SMILES string of the molecule is O=CNc1cccc(COc2cccc(Cl)c2Cl)c1.[C-]#[N+]c1cccc(COc2cccc(Cl)c2Cl)c1. The molecule has 188 valence electrons. The number of nitrogens with one attached hydrogen (secondary N) is 1. The minimum atomic E-state index is 0.342. The first-order valence-corrected chi connectivity index (χ1v) is 12.3. The Bertz CT molecular complexity index is 1410. The van der Waals surface area contributed by atoms with Crippen LogP contribution in [0.5, 0.6) is 11.5 Å². The Morgan fingerprint density at radius 3 is 1.78 bits per heavy atom. The van der Waals surface area contributed by atoms with Gasteiger partial charge in [-0.1, -0.05) is 88.9 Å². The van der Waals surface area contributed by atoms with E-state index < -0.39 is 0 Å². The van der Waals surface area contributed by atoms with Crippen LogP contribution in [0.3, 0.4) is 0 Å². The predicted molar refractivity (Wildman–Crippen MR) is 150 cm³/mol. The third-order valence-corrected chi connectivity index (χ3v) is 6.42. The van der Waals surface area contributed by atoms with Crippen molar-refractivity contribution in [2.24, 2.45) is 0 Å². The van der Waals surface area contributed by atoms with Crippen molar-refractivity contribution in [3.8, 4) is 11.5 Å². The molecular weight excluding hydrogens is 554 g/mol. The van der Waals surface area contributed by atoms with E-state index in [0.29, 0.717) is 62.6 Å². The lowest BCUT2D eigenvalue weighted by atomic mass is 10.2. The van der Waals surface area contributed by atoms with E-state index in [2.05, 4.69) is 10.2 Å². The fraction of sp³-hybridized carbons (Fsp3) is 0.0714. The second kappa shape index (κ2) is 14.4. The second-order valence-electron chi connectivity index (χ2n) is 7.43. The quantitative estimate of drug-likeness (QED) is 0.169. The van der Waals surface area contributed by atoms with Crippen LogP contribution in [0.4, 0.5) is 11.4 Å². The Balaban J connectivity index is 0.000000206. The van der Waals surface area contributed by atoms with Crippen LogP contribution in [-0.2, 0) is 18.0 Å². The number of carbonyl (C=O) groups excluding carboxylic acids is 1. The van der Waals surface area contributed by atoms with Crippen LogP contribution in [-0.4, -0.2) is 6.41 Å². The van der Waals surface area contributed by atoms with Crippen molar-refractivity contribution in [1.82, 2.24) is 0 Å². The number of hydrogen-bond donors (Lipinski definition) is 1. The number of anilines is 1. The molecular formula is C28H20Cl4N2O3. The third-order valence-electron chi connectivity index (χ3n) is 4.81. The molecule has 0 heterocycles. The van der Waals surface area contributed by atoms with Gasteiger partial charge in [-0.2, -0.15) is 0 Å². The van der Waals surface area contributed by atoms with E-state index in [1.165, 1.54) is 0 Å². The smallest absolute Gasteiger partial charge is 0.211 e. The zero-order valence-electron chi connectivity index (χ0n) is 19.3. The number of carbonyl (C=O) groups is 1. The minimum Gasteiger partial charge on any atom is -0.487 e. The Morgan fingerprint density at radius 2 is 1.24 bits per heavy atom. The summed E-state index contributed by atoms with van der Waals surface area (Å²) in [5.41, 5.74) is 3.14. The lowest BCUT2D eigenvalue weighted by molar-refractivity contribution is -0.105. The Kier molecular flexibility index (Phi) is 10.9. The molecule has 0 spiro atoms. The molecule has 0 aliphatic carbocycles. The summed E-state index contributed by atoms with van der Waals surface area (Å²) in [4.78, 5) is 13.7. The van der Waals surface area contributed by atoms with Crippen LogP contribution in [0.2, 0.25) is 20.1 Å². The first-order valence-electron chi connectivity index (χ1n) is 10.8. The van der Waals surface area contributed by atoms with Gasteiger partial charge in [-0.05, 0) is 53.6 Å². The molecule has 0 aliphatic heterocycles. The lowest BCUT2D eigenvalue weighted by Crippen LogP contribution is -1.98. The maximum Gasteiger partial charge on any atom is 0.211 e. The molecule has 4 aromatic carbocycles. The van der Waals surface area contributed by atoms with Gasteiger partial charge in [0, 0.05) is 5.69 Å². The molecule has 0 saturated heterocycles. The van der Waals surface area contributed by atoms with E-state index in [4.69, 9.17) is 62.4 Å². The van der Waals surface area contributed by atoms with Crippen molar-refractivity contribution in [2.75, 3.05) is 5.32 Å². The molecule has 4 aromatic rings. The number of nitrogens with zero attached hydrogens (tertiary/aromatic N) is 1. The van der Waals surface area contributed by atoms with Gasteiger partial charge in [-0.25, -0.2) is 4.85 Å². The molecule has 0 unspecified atom stereocenters. The van der Waals surface area contributed by atoms with Gasteiger partial charge in [0.25, 0.3) is 0 Å². The molecule has 0 atom stereocenters. The molecule has 5 nitrogen and oxygen atoms in total. The highest BCUT2D eigenvalue weighted by atomic mass is 35.5. The number of benzene rings is 4. The molecule has 0 aromatic heterocycles. The first-order chi connectivity index (χ1) is 17.9. The van der Waals surface area contributed by atoms with Gasteiger partial charge >= 0.3 is 0 Å². The first kappa shape index (κ1) is 28.2. The number of rotatable bonds is 8. The average molecular weight is 574 g/mol.